The van der Waals surface area contributed by atoms with Crippen molar-refractivity contribution in [1.29, 1.82) is 0 Å². The maximum Gasteiger partial charge on any atom is 0.224 e. The molecule has 6 nitrogen and oxygen atoms in total. The van der Waals surface area contributed by atoms with Crippen LogP contribution in [0, 0.1) is 0 Å². The van der Waals surface area contributed by atoms with E-state index in [0.29, 0.717) is 25.2 Å². The molecular formula is C21H23N5O. The molecule has 0 aliphatic heterocycles. The van der Waals surface area contributed by atoms with E-state index in [1.807, 2.05) is 42.5 Å². The highest BCUT2D eigenvalue weighted by atomic mass is 16.1. The van der Waals surface area contributed by atoms with Crippen LogP contribution >= 0.6 is 0 Å². The van der Waals surface area contributed by atoms with Gasteiger partial charge in [-0.2, -0.15) is 4.80 Å². The molecule has 4 rings (SSSR count). The van der Waals surface area contributed by atoms with Gasteiger partial charge in [0.25, 0.3) is 0 Å². The molecule has 138 valence electrons. The molecule has 0 unspecified atom stereocenters. The molecule has 0 spiro atoms. The van der Waals surface area contributed by atoms with E-state index in [1.165, 1.54) is 24.0 Å². The van der Waals surface area contributed by atoms with Gasteiger partial charge in [0.05, 0.1) is 6.54 Å². The Morgan fingerprint density at radius 1 is 1.04 bits per heavy atom. The number of fused-ring (bicyclic) bond motifs is 1. The van der Waals surface area contributed by atoms with E-state index in [1.54, 1.807) is 4.80 Å². The molecule has 1 amide bonds. The van der Waals surface area contributed by atoms with Crippen molar-refractivity contribution in [2.45, 2.75) is 45.1 Å². The van der Waals surface area contributed by atoms with Gasteiger partial charge in [0.2, 0.25) is 11.7 Å². The highest BCUT2D eigenvalue weighted by Crippen LogP contribution is 2.27. The summed E-state index contributed by atoms with van der Waals surface area (Å²) in [5.74, 6) is 0.647. The maximum atomic E-state index is 12.3. The summed E-state index contributed by atoms with van der Waals surface area (Å²) < 4.78 is 0. The smallest absolute Gasteiger partial charge is 0.224 e. The molecule has 0 atom stereocenters. The zero-order valence-corrected chi connectivity index (χ0v) is 15.3. The van der Waals surface area contributed by atoms with E-state index in [9.17, 15) is 4.79 Å². The molecule has 3 aromatic rings. The molecule has 6 heteroatoms. The van der Waals surface area contributed by atoms with Crippen LogP contribution in [0.4, 0.5) is 5.69 Å². The number of rotatable bonds is 6. The van der Waals surface area contributed by atoms with Gasteiger partial charge in [0.1, 0.15) is 0 Å². The quantitative estimate of drug-likeness (QED) is 0.727. The van der Waals surface area contributed by atoms with Crippen molar-refractivity contribution in [3.05, 3.63) is 59.7 Å². The summed E-state index contributed by atoms with van der Waals surface area (Å²) in [4.78, 5) is 13.9. The van der Waals surface area contributed by atoms with Gasteiger partial charge in [-0.3, -0.25) is 4.79 Å². The lowest BCUT2D eigenvalue weighted by Gasteiger charge is -2.19. The molecule has 2 aromatic carbocycles. The maximum absolute atomic E-state index is 12.3. The first kappa shape index (κ1) is 17.4. The summed E-state index contributed by atoms with van der Waals surface area (Å²) >= 11 is 0. The largest absolute Gasteiger partial charge is 0.326 e. The van der Waals surface area contributed by atoms with E-state index in [2.05, 4.69) is 26.8 Å². The fourth-order valence-corrected chi connectivity index (χ4v) is 3.53. The van der Waals surface area contributed by atoms with Crippen LogP contribution in [-0.4, -0.2) is 26.1 Å². The summed E-state index contributed by atoms with van der Waals surface area (Å²) in [5, 5.41) is 15.6. The summed E-state index contributed by atoms with van der Waals surface area (Å²) in [7, 11) is 0. The monoisotopic (exact) mass is 361 g/mol. The van der Waals surface area contributed by atoms with Gasteiger partial charge in [-0.15, -0.1) is 10.2 Å². The third-order valence-electron chi connectivity index (χ3n) is 4.92. The lowest BCUT2D eigenvalue weighted by atomic mass is 9.90. The number of nitrogens with zero attached hydrogens (tertiary/aromatic N) is 4. The van der Waals surface area contributed by atoms with Crippen molar-refractivity contribution in [3.8, 4) is 11.4 Å². The molecule has 1 aliphatic rings. The molecule has 0 bridgehead atoms. The molecule has 0 saturated carbocycles. The van der Waals surface area contributed by atoms with E-state index in [-0.39, 0.29) is 5.91 Å². The van der Waals surface area contributed by atoms with Crippen LogP contribution in [0.25, 0.3) is 11.4 Å². The minimum atomic E-state index is 0.0392. The van der Waals surface area contributed by atoms with Gasteiger partial charge < -0.3 is 5.32 Å². The SMILES string of the molecule is O=C(CCCn1nnc(-c2ccccc2)n1)Nc1cccc2c1CCCC2. The predicted molar refractivity (Wildman–Crippen MR) is 104 cm³/mol. The van der Waals surface area contributed by atoms with Crippen LogP contribution < -0.4 is 5.32 Å². The lowest BCUT2D eigenvalue weighted by Crippen LogP contribution is -2.16. The molecule has 1 aliphatic carbocycles. The van der Waals surface area contributed by atoms with Gasteiger partial charge in [-0.25, -0.2) is 0 Å². The van der Waals surface area contributed by atoms with Gasteiger partial charge >= 0.3 is 0 Å². The molecule has 0 saturated heterocycles. The first-order valence-electron chi connectivity index (χ1n) is 9.53. The van der Waals surface area contributed by atoms with Crippen LogP contribution in [-0.2, 0) is 24.2 Å². The van der Waals surface area contributed by atoms with Crippen molar-refractivity contribution < 1.29 is 4.79 Å². The van der Waals surface area contributed by atoms with E-state index in [0.717, 1.165) is 24.1 Å². The highest BCUT2D eigenvalue weighted by molar-refractivity contribution is 5.91. The Bertz CT molecular complexity index is 919. The third-order valence-corrected chi connectivity index (χ3v) is 4.92. The Labute approximate surface area is 158 Å². The second kappa shape index (κ2) is 8.12. The number of carbonyl (C=O) groups excluding carboxylic acids is 1. The second-order valence-electron chi connectivity index (χ2n) is 6.88. The van der Waals surface area contributed by atoms with Gasteiger partial charge in [-0.1, -0.05) is 42.5 Å². The molecular weight excluding hydrogens is 338 g/mol. The van der Waals surface area contributed by atoms with E-state index in [4.69, 9.17) is 0 Å². The predicted octanol–water partition coefficient (Wildman–Crippen LogP) is 3.64. The minimum Gasteiger partial charge on any atom is -0.326 e. The topological polar surface area (TPSA) is 72.7 Å². The molecule has 1 aromatic heterocycles. The fraction of sp³-hybridized carbons (Fsp3) is 0.333. The zero-order chi connectivity index (χ0) is 18.5. The lowest BCUT2D eigenvalue weighted by molar-refractivity contribution is -0.116. The highest BCUT2D eigenvalue weighted by Gasteiger charge is 2.14. The fourth-order valence-electron chi connectivity index (χ4n) is 3.53. The number of hydrogen-bond donors (Lipinski definition) is 1. The van der Waals surface area contributed by atoms with Crippen LogP contribution in [0.3, 0.4) is 0 Å². The van der Waals surface area contributed by atoms with Crippen LogP contribution in [0.15, 0.2) is 48.5 Å². The molecule has 0 radical (unpaired) electrons. The minimum absolute atomic E-state index is 0.0392. The number of tetrazole rings is 1. The number of carbonyl (C=O) groups is 1. The Balaban J connectivity index is 1.30. The van der Waals surface area contributed by atoms with Crippen molar-refractivity contribution in [1.82, 2.24) is 20.2 Å². The van der Waals surface area contributed by atoms with Crippen LogP contribution in [0.2, 0.25) is 0 Å². The van der Waals surface area contributed by atoms with Crippen LogP contribution in [0.5, 0.6) is 0 Å². The summed E-state index contributed by atoms with van der Waals surface area (Å²) in [6, 6.07) is 16.0. The van der Waals surface area contributed by atoms with E-state index < -0.39 is 0 Å². The number of anilines is 1. The van der Waals surface area contributed by atoms with Crippen molar-refractivity contribution >= 4 is 11.6 Å². The van der Waals surface area contributed by atoms with Crippen molar-refractivity contribution in [2.75, 3.05) is 5.32 Å². The molecule has 1 N–H and O–H groups in total. The number of amides is 1. The Morgan fingerprint density at radius 3 is 2.78 bits per heavy atom. The summed E-state index contributed by atoms with van der Waals surface area (Å²) in [5.41, 5.74) is 4.60. The third kappa shape index (κ3) is 4.22. The number of hydrogen-bond acceptors (Lipinski definition) is 4. The number of nitrogens with one attached hydrogen (secondary N) is 1. The zero-order valence-electron chi connectivity index (χ0n) is 15.3. The standard InChI is InChI=1S/C21H23N5O/c27-20(22-19-13-6-11-16-8-4-5-12-18(16)19)14-7-15-26-24-21(23-25-26)17-9-2-1-3-10-17/h1-3,6,9-11,13H,4-5,7-8,12,14-15H2,(H,22,27). The molecule has 1 heterocycles. The average molecular weight is 361 g/mol. The second-order valence-corrected chi connectivity index (χ2v) is 6.88. The number of aryl methyl sites for hydroxylation is 2. The normalized spacial score (nSPS) is 13.2. The summed E-state index contributed by atoms with van der Waals surface area (Å²) in [6.45, 7) is 0.570. The van der Waals surface area contributed by atoms with Crippen molar-refractivity contribution in [2.24, 2.45) is 0 Å². The van der Waals surface area contributed by atoms with Gasteiger partial charge in [0.15, 0.2) is 0 Å². The Hall–Kier alpha value is -3.02. The first-order valence-corrected chi connectivity index (χ1v) is 9.53. The van der Waals surface area contributed by atoms with E-state index >= 15 is 0 Å². The molecule has 0 fully saturated rings. The van der Waals surface area contributed by atoms with Gasteiger partial charge in [-0.05, 0) is 54.5 Å². The number of aromatic nitrogens is 4. The Kier molecular flexibility index (Phi) is 5.23. The average Bonchev–Trinajstić information content (AvgIpc) is 3.18. The van der Waals surface area contributed by atoms with Crippen molar-refractivity contribution in [3.63, 3.8) is 0 Å². The molecule has 27 heavy (non-hydrogen) atoms. The van der Waals surface area contributed by atoms with Gasteiger partial charge in [0, 0.05) is 17.7 Å². The Morgan fingerprint density at radius 2 is 1.89 bits per heavy atom. The first-order chi connectivity index (χ1) is 13.3. The van der Waals surface area contributed by atoms with Crippen LogP contribution in [0.1, 0.15) is 36.8 Å². The number of benzene rings is 2. The summed E-state index contributed by atoms with van der Waals surface area (Å²) in [6.07, 6.45) is 5.71.